The van der Waals surface area contributed by atoms with Crippen molar-refractivity contribution in [3.63, 3.8) is 0 Å². The first-order chi connectivity index (χ1) is 12.2. The van der Waals surface area contributed by atoms with E-state index in [9.17, 15) is 0 Å². The lowest BCUT2D eigenvalue weighted by Crippen LogP contribution is -2.41. The van der Waals surface area contributed by atoms with E-state index in [1.54, 1.807) is 11.1 Å². The smallest absolute Gasteiger partial charge is 0.0799 e. The maximum atomic E-state index is 5.00. The summed E-state index contributed by atoms with van der Waals surface area (Å²) in [5, 5.41) is 2.66. The first-order valence-corrected chi connectivity index (χ1v) is 9.91. The van der Waals surface area contributed by atoms with Crippen LogP contribution in [0.3, 0.4) is 0 Å². The number of fused-ring (bicyclic) bond motifs is 9. The molecule has 3 saturated carbocycles. The van der Waals surface area contributed by atoms with Gasteiger partial charge in [-0.1, -0.05) is 0 Å². The number of nitrogens with zero attached hydrogens (tertiary/aromatic N) is 2. The molecule has 1 spiro atoms. The Morgan fingerprint density at radius 2 is 1.80 bits per heavy atom. The van der Waals surface area contributed by atoms with Crippen LogP contribution in [0.2, 0.25) is 0 Å². The zero-order chi connectivity index (χ0) is 16.3. The molecular weight excluding hydrogens is 304 g/mol. The number of hydrogen-bond donors (Lipinski definition) is 0. The summed E-state index contributed by atoms with van der Waals surface area (Å²) in [6.07, 6.45) is 11.4. The molecule has 4 aliphatic carbocycles. The Kier molecular flexibility index (Phi) is 2.15. The third-order valence-electron chi connectivity index (χ3n) is 8.42. The van der Waals surface area contributed by atoms with Crippen LogP contribution in [0.4, 0.5) is 0 Å². The van der Waals surface area contributed by atoms with E-state index in [1.807, 2.05) is 6.20 Å². The Morgan fingerprint density at radius 1 is 0.960 bits per heavy atom. The van der Waals surface area contributed by atoms with Crippen LogP contribution in [-0.2, 0) is 0 Å². The summed E-state index contributed by atoms with van der Waals surface area (Å²) in [4.78, 5) is 9.63. The van der Waals surface area contributed by atoms with Gasteiger partial charge in [0.15, 0.2) is 0 Å². The van der Waals surface area contributed by atoms with E-state index in [1.165, 1.54) is 54.0 Å². The molecule has 0 N–H and O–H groups in total. The minimum atomic E-state index is 0.716. The highest BCUT2D eigenvalue weighted by atomic mass is 14.7. The van der Waals surface area contributed by atoms with Gasteiger partial charge in [-0.3, -0.25) is 9.97 Å². The molecule has 3 fully saturated rings. The summed E-state index contributed by atoms with van der Waals surface area (Å²) in [7, 11) is 0. The molecule has 7 rings (SSSR count). The summed E-state index contributed by atoms with van der Waals surface area (Å²) in [5.74, 6) is 3.59. The van der Waals surface area contributed by atoms with Crippen molar-refractivity contribution in [3.8, 4) is 0 Å². The number of hydrogen-bond acceptors (Lipinski definition) is 2. The quantitative estimate of drug-likeness (QED) is 0.511. The second-order valence-corrected chi connectivity index (χ2v) is 9.25. The molecule has 0 aliphatic heterocycles. The molecule has 2 aromatic heterocycles. The SMILES string of the molecule is Cc1cc2c3c(cnc2c2cccnc12)C1CC2CC4CC3CC24C1. The van der Waals surface area contributed by atoms with Crippen molar-refractivity contribution >= 4 is 21.8 Å². The van der Waals surface area contributed by atoms with Crippen LogP contribution >= 0.6 is 0 Å². The average Bonchev–Trinajstić information content (AvgIpc) is 3.04. The van der Waals surface area contributed by atoms with Gasteiger partial charge >= 0.3 is 0 Å². The summed E-state index contributed by atoms with van der Waals surface area (Å²) >= 11 is 0. The van der Waals surface area contributed by atoms with Crippen molar-refractivity contribution in [2.24, 2.45) is 17.3 Å². The van der Waals surface area contributed by atoms with E-state index in [4.69, 9.17) is 4.98 Å². The standard InChI is InChI=1S/C23H22N2/c1-12-5-18-20-14-7-16-8-15-6-13(9-23(15,16)10-14)19(20)11-25-22(18)17-3-2-4-24-21(12)17/h2-5,11,13-16H,6-10H2,1H3. The van der Waals surface area contributed by atoms with Crippen LogP contribution < -0.4 is 0 Å². The lowest BCUT2D eigenvalue weighted by molar-refractivity contribution is 0.00322. The minimum absolute atomic E-state index is 0.716. The van der Waals surface area contributed by atoms with Crippen LogP contribution in [-0.4, -0.2) is 9.97 Å². The fourth-order valence-electron chi connectivity index (χ4n) is 7.52. The van der Waals surface area contributed by atoms with Gasteiger partial charge in [0.2, 0.25) is 0 Å². The van der Waals surface area contributed by atoms with E-state index in [0.29, 0.717) is 5.41 Å². The Morgan fingerprint density at radius 3 is 2.72 bits per heavy atom. The topological polar surface area (TPSA) is 25.8 Å². The molecule has 3 aromatic rings. The van der Waals surface area contributed by atoms with Gasteiger partial charge in [-0.2, -0.15) is 0 Å². The summed E-state index contributed by atoms with van der Waals surface area (Å²) in [5.41, 5.74) is 7.58. The molecule has 25 heavy (non-hydrogen) atoms. The van der Waals surface area contributed by atoms with Gasteiger partial charge in [0.05, 0.1) is 11.0 Å². The Hall–Kier alpha value is -1.96. The van der Waals surface area contributed by atoms with Gasteiger partial charge in [0.1, 0.15) is 0 Å². The van der Waals surface area contributed by atoms with E-state index in [2.05, 4.69) is 36.3 Å². The van der Waals surface area contributed by atoms with Crippen molar-refractivity contribution in [1.82, 2.24) is 9.97 Å². The van der Waals surface area contributed by atoms with Crippen molar-refractivity contribution in [2.45, 2.75) is 50.9 Å². The number of aryl methyl sites for hydroxylation is 1. The largest absolute Gasteiger partial charge is 0.256 e. The molecule has 2 nitrogen and oxygen atoms in total. The lowest BCUT2D eigenvalue weighted by Gasteiger charge is -2.48. The van der Waals surface area contributed by atoms with Crippen LogP contribution in [0.15, 0.2) is 30.6 Å². The third kappa shape index (κ3) is 1.38. The minimum Gasteiger partial charge on any atom is -0.256 e. The zero-order valence-electron chi connectivity index (χ0n) is 14.6. The summed E-state index contributed by atoms with van der Waals surface area (Å²) in [6, 6.07) is 6.65. The van der Waals surface area contributed by atoms with Gasteiger partial charge in [0, 0.05) is 23.2 Å². The Balaban J connectivity index is 1.60. The Bertz CT molecular complexity index is 1080. The highest BCUT2D eigenvalue weighted by Gasteiger charge is 2.65. The van der Waals surface area contributed by atoms with E-state index < -0.39 is 0 Å². The molecule has 3 bridgehead atoms. The number of aromatic nitrogens is 2. The predicted octanol–water partition coefficient (Wildman–Crippen LogP) is 5.48. The maximum absolute atomic E-state index is 5.00. The number of rotatable bonds is 0. The van der Waals surface area contributed by atoms with Crippen molar-refractivity contribution in [2.75, 3.05) is 0 Å². The second kappa shape index (κ2) is 4.06. The molecular formula is C23H22N2. The number of pyridine rings is 2. The highest BCUT2D eigenvalue weighted by Crippen LogP contribution is 2.76. The molecule has 2 heteroatoms. The molecule has 4 aliphatic rings. The van der Waals surface area contributed by atoms with E-state index in [-0.39, 0.29) is 0 Å². The third-order valence-corrected chi connectivity index (χ3v) is 8.42. The number of benzene rings is 1. The monoisotopic (exact) mass is 326 g/mol. The molecule has 124 valence electrons. The van der Waals surface area contributed by atoms with E-state index in [0.717, 1.165) is 29.2 Å². The average molecular weight is 326 g/mol. The summed E-state index contributed by atoms with van der Waals surface area (Å²) in [6.45, 7) is 2.21. The van der Waals surface area contributed by atoms with Gasteiger partial charge in [-0.05, 0) is 103 Å². The predicted molar refractivity (Wildman–Crippen MR) is 99.8 cm³/mol. The van der Waals surface area contributed by atoms with Gasteiger partial charge in [-0.15, -0.1) is 0 Å². The molecule has 0 radical (unpaired) electrons. The van der Waals surface area contributed by atoms with Crippen LogP contribution in [0.25, 0.3) is 21.8 Å². The van der Waals surface area contributed by atoms with E-state index >= 15 is 0 Å². The lowest BCUT2D eigenvalue weighted by atomic mass is 9.56. The molecule has 2 heterocycles. The molecule has 5 unspecified atom stereocenters. The zero-order valence-corrected chi connectivity index (χ0v) is 14.6. The van der Waals surface area contributed by atoms with Crippen LogP contribution in [0, 0.1) is 24.2 Å². The first kappa shape index (κ1) is 13.3. The van der Waals surface area contributed by atoms with Gasteiger partial charge in [0.25, 0.3) is 0 Å². The fourth-order valence-corrected chi connectivity index (χ4v) is 7.52. The van der Waals surface area contributed by atoms with Crippen molar-refractivity contribution in [1.29, 1.82) is 0 Å². The van der Waals surface area contributed by atoms with Gasteiger partial charge in [-0.25, -0.2) is 0 Å². The first-order valence-electron chi connectivity index (χ1n) is 9.91. The molecule has 5 atom stereocenters. The summed E-state index contributed by atoms with van der Waals surface area (Å²) < 4.78 is 0. The molecule has 0 amide bonds. The second-order valence-electron chi connectivity index (χ2n) is 9.25. The normalized spacial score (nSPS) is 37.2. The fraction of sp³-hybridized carbons (Fsp3) is 0.478. The molecule has 0 saturated heterocycles. The maximum Gasteiger partial charge on any atom is 0.0799 e. The van der Waals surface area contributed by atoms with Crippen LogP contribution in [0.5, 0.6) is 0 Å². The highest BCUT2D eigenvalue weighted by molar-refractivity contribution is 6.06. The van der Waals surface area contributed by atoms with Crippen molar-refractivity contribution < 1.29 is 0 Å². The van der Waals surface area contributed by atoms with Gasteiger partial charge < -0.3 is 0 Å². The van der Waals surface area contributed by atoms with Crippen LogP contribution in [0.1, 0.15) is 60.6 Å². The Labute approximate surface area is 147 Å². The van der Waals surface area contributed by atoms with Crippen molar-refractivity contribution in [3.05, 3.63) is 47.3 Å². The molecule has 1 aromatic carbocycles.